The van der Waals surface area contributed by atoms with Gasteiger partial charge in [0.1, 0.15) is 0 Å². The number of aromatic nitrogens is 2. The van der Waals surface area contributed by atoms with Gasteiger partial charge in [0.2, 0.25) is 0 Å². The molecule has 0 atom stereocenters. The first kappa shape index (κ1) is 12.9. The molecule has 0 spiro atoms. The van der Waals surface area contributed by atoms with Crippen LogP contribution < -0.4 is 11.1 Å². The summed E-state index contributed by atoms with van der Waals surface area (Å²) in [4.78, 5) is 12.2. The highest BCUT2D eigenvalue weighted by atomic mass is 16.2. The number of rotatable bonds is 5. The summed E-state index contributed by atoms with van der Waals surface area (Å²) in [6, 6.07) is 0. The Bertz CT molecular complexity index is 429. The largest absolute Gasteiger partial charge is 0.395 e. The molecule has 1 aliphatic carbocycles. The molecule has 1 aromatic heterocycles. The number of nitrogen functional groups attached to an aromatic ring is 1. The second kappa shape index (κ2) is 5.00. The van der Waals surface area contributed by atoms with Gasteiger partial charge in [-0.2, -0.15) is 5.10 Å². The molecule has 0 bridgehead atoms. The van der Waals surface area contributed by atoms with Crippen LogP contribution in [0.2, 0.25) is 0 Å². The fraction of sp³-hybridized carbons (Fsp3) is 0.692. The molecule has 1 amide bonds. The van der Waals surface area contributed by atoms with Gasteiger partial charge in [0, 0.05) is 5.54 Å². The number of nitrogens with one attached hydrogen (secondary N) is 2. The molecule has 0 aromatic carbocycles. The van der Waals surface area contributed by atoms with E-state index in [-0.39, 0.29) is 11.4 Å². The minimum atomic E-state index is -0.146. The van der Waals surface area contributed by atoms with E-state index in [1.165, 1.54) is 6.42 Å². The zero-order valence-electron chi connectivity index (χ0n) is 11.2. The van der Waals surface area contributed by atoms with Crippen molar-refractivity contribution in [2.75, 3.05) is 5.73 Å². The number of nitrogens with zero attached hydrogens (tertiary/aromatic N) is 1. The number of carbonyl (C=O) groups excluding carboxylic acids is 1. The fourth-order valence-electron chi connectivity index (χ4n) is 2.47. The Balaban J connectivity index is 2.09. The Morgan fingerprint density at radius 3 is 2.72 bits per heavy atom. The van der Waals surface area contributed by atoms with Gasteiger partial charge in [-0.25, -0.2) is 0 Å². The van der Waals surface area contributed by atoms with Crippen molar-refractivity contribution in [3.05, 3.63) is 11.4 Å². The van der Waals surface area contributed by atoms with Crippen LogP contribution in [-0.2, 0) is 6.42 Å². The number of anilines is 1. The van der Waals surface area contributed by atoms with Crippen LogP contribution in [0.1, 0.15) is 62.1 Å². The molecule has 0 radical (unpaired) electrons. The molecule has 100 valence electrons. The molecule has 0 unspecified atom stereocenters. The lowest BCUT2D eigenvalue weighted by molar-refractivity contribution is 0.0816. The molecular formula is C13H22N4O. The standard InChI is InChI=1S/C13H22N4O/c1-3-6-9-10(14)11(17-16-9)12(18)15-13(4-2)7-5-8-13/h3-8,14H2,1-2H3,(H,15,18)(H,16,17). The van der Waals surface area contributed by atoms with E-state index in [9.17, 15) is 4.79 Å². The smallest absolute Gasteiger partial charge is 0.274 e. The quantitative estimate of drug-likeness (QED) is 0.747. The van der Waals surface area contributed by atoms with Crippen molar-refractivity contribution in [1.29, 1.82) is 0 Å². The third kappa shape index (κ3) is 2.21. The minimum absolute atomic E-state index is 0.0204. The Hall–Kier alpha value is -1.52. The Morgan fingerprint density at radius 2 is 2.22 bits per heavy atom. The number of nitrogens with two attached hydrogens (primary N) is 1. The van der Waals surface area contributed by atoms with Crippen LogP contribution >= 0.6 is 0 Å². The topological polar surface area (TPSA) is 83.8 Å². The lowest BCUT2D eigenvalue weighted by Crippen LogP contribution is -2.53. The normalized spacial score (nSPS) is 17.2. The average molecular weight is 250 g/mol. The van der Waals surface area contributed by atoms with Gasteiger partial charge in [-0.05, 0) is 32.1 Å². The van der Waals surface area contributed by atoms with Crippen molar-refractivity contribution in [2.24, 2.45) is 0 Å². The van der Waals surface area contributed by atoms with Crippen molar-refractivity contribution in [3.63, 3.8) is 0 Å². The predicted molar refractivity (Wildman–Crippen MR) is 71.3 cm³/mol. The molecule has 1 fully saturated rings. The van der Waals surface area contributed by atoms with Gasteiger partial charge in [0.15, 0.2) is 5.69 Å². The molecule has 1 heterocycles. The van der Waals surface area contributed by atoms with Gasteiger partial charge < -0.3 is 11.1 Å². The number of aromatic amines is 1. The molecule has 1 aliphatic rings. The first-order valence-corrected chi connectivity index (χ1v) is 6.77. The lowest BCUT2D eigenvalue weighted by Gasteiger charge is -2.41. The number of amides is 1. The van der Waals surface area contributed by atoms with Crippen molar-refractivity contribution >= 4 is 11.6 Å². The van der Waals surface area contributed by atoms with Gasteiger partial charge in [-0.1, -0.05) is 20.3 Å². The summed E-state index contributed by atoms with van der Waals surface area (Å²) in [6.07, 6.45) is 6.07. The van der Waals surface area contributed by atoms with Crippen molar-refractivity contribution in [2.45, 2.75) is 57.9 Å². The van der Waals surface area contributed by atoms with E-state index in [0.29, 0.717) is 11.4 Å². The van der Waals surface area contributed by atoms with Crippen LogP contribution in [0.25, 0.3) is 0 Å². The molecule has 18 heavy (non-hydrogen) atoms. The summed E-state index contributed by atoms with van der Waals surface area (Å²) in [5, 5.41) is 10.00. The zero-order valence-corrected chi connectivity index (χ0v) is 11.2. The summed E-state index contributed by atoms with van der Waals surface area (Å²) in [5.74, 6) is -0.146. The minimum Gasteiger partial charge on any atom is -0.395 e. The molecule has 4 N–H and O–H groups in total. The zero-order chi connectivity index (χ0) is 13.2. The van der Waals surface area contributed by atoms with Crippen LogP contribution in [0.4, 0.5) is 5.69 Å². The number of aryl methyl sites for hydroxylation is 1. The lowest BCUT2D eigenvalue weighted by atomic mass is 9.75. The molecule has 0 aliphatic heterocycles. The second-order valence-electron chi connectivity index (χ2n) is 5.16. The van der Waals surface area contributed by atoms with E-state index in [2.05, 4.69) is 29.4 Å². The first-order chi connectivity index (χ1) is 8.62. The van der Waals surface area contributed by atoms with Crippen molar-refractivity contribution in [3.8, 4) is 0 Å². The van der Waals surface area contributed by atoms with Crippen molar-refractivity contribution < 1.29 is 4.79 Å². The SMILES string of the molecule is CCCc1[nH]nc(C(=O)NC2(CC)CCC2)c1N. The van der Waals surface area contributed by atoms with Crippen LogP contribution in [0, 0.1) is 0 Å². The molecular weight excluding hydrogens is 228 g/mol. The number of hydrogen-bond donors (Lipinski definition) is 3. The maximum Gasteiger partial charge on any atom is 0.274 e. The van der Waals surface area contributed by atoms with Gasteiger partial charge in [-0.15, -0.1) is 0 Å². The van der Waals surface area contributed by atoms with Gasteiger partial charge >= 0.3 is 0 Å². The van der Waals surface area contributed by atoms with E-state index in [1.807, 2.05) is 0 Å². The second-order valence-corrected chi connectivity index (χ2v) is 5.16. The maximum absolute atomic E-state index is 12.2. The van der Waals surface area contributed by atoms with Crippen LogP contribution in [0.15, 0.2) is 0 Å². The van der Waals surface area contributed by atoms with E-state index in [4.69, 9.17) is 5.73 Å². The average Bonchev–Trinajstić information content (AvgIpc) is 2.66. The third-order valence-corrected chi connectivity index (χ3v) is 3.96. The summed E-state index contributed by atoms with van der Waals surface area (Å²) >= 11 is 0. The predicted octanol–water partition coefficient (Wildman–Crippen LogP) is 2.01. The van der Waals surface area contributed by atoms with E-state index >= 15 is 0 Å². The van der Waals surface area contributed by atoms with Crippen molar-refractivity contribution in [1.82, 2.24) is 15.5 Å². The molecule has 5 nitrogen and oxygen atoms in total. The molecule has 1 saturated carbocycles. The number of H-pyrrole nitrogens is 1. The van der Waals surface area contributed by atoms with E-state index < -0.39 is 0 Å². The highest BCUT2D eigenvalue weighted by molar-refractivity contribution is 5.98. The molecule has 2 rings (SSSR count). The van der Waals surface area contributed by atoms with Crippen LogP contribution in [0.3, 0.4) is 0 Å². The van der Waals surface area contributed by atoms with Crippen LogP contribution in [0.5, 0.6) is 0 Å². The Labute approximate surface area is 108 Å². The van der Waals surface area contributed by atoms with Gasteiger partial charge in [-0.3, -0.25) is 9.89 Å². The monoisotopic (exact) mass is 250 g/mol. The third-order valence-electron chi connectivity index (χ3n) is 3.96. The molecule has 1 aromatic rings. The summed E-state index contributed by atoms with van der Waals surface area (Å²) < 4.78 is 0. The first-order valence-electron chi connectivity index (χ1n) is 6.77. The fourth-order valence-corrected chi connectivity index (χ4v) is 2.47. The summed E-state index contributed by atoms with van der Waals surface area (Å²) in [6.45, 7) is 4.18. The van der Waals surface area contributed by atoms with E-state index in [0.717, 1.165) is 37.8 Å². The highest BCUT2D eigenvalue weighted by Crippen LogP contribution is 2.35. The molecule has 5 heteroatoms. The Morgan fingerprint density at radius 1 is 1.50 bits per heavy atom. The van der Waals surface area contributed by atoms with Gasteiger partial charge in [0.05, 0.1) is 11.4 Å². The maximum atomic E-state index is 12.2. The number of hydrogen-bond acceptors (Lipinski definition) is 3. The van der Waals surface area contributed by atoms with Gasteiger partial charge in [0.25, 0.3) is 5.91 Å². The summed E-state index contributed by atoms with van der Waals surface area (Å²) in [5.41, 5.74) is 7.64. The van der Waals surface area contributed by atoms with Crippen LogP contribution in [-0.4, -0.2) is 21.6 Å². The van der Waals surface area contributed by atoms with E-state index in [1.54, 1.807) is 0 Å². The summed E-state index contributed by atoms with van der Waals surface area (Å²) in [7, 11) is 0. The highest BCUT2D eigenvalue weighted by Gasteiger charge is 2.37. The molecule has 0 saturated heterocycles. The Kier molecular flexibility index (Phi) is 3.59. The number of carbonyl (C=O) groups is 1.